The van der Waals surface area contributed by atoms with E-state index in [1.54, 1.807) is 0 Å². The molecule has 1 aromatic heterocycles. The van der Waals surface area contributed by atoms with Crippen molar-refractivity contribution in [3.8, 4) is 0 Å². The predicted molar refractivity (Wildman–Crippen MR) is 77.5 cm³/mol. The minimum absolute atomic E-state index is 0.746. The molecule has 1 atom stereocenters. The second-order valence-corrected chi connectivity index (χ2v) is 7.30. The Kier molecular flexibility index (Phi) is 5.16. The Labute approximate surface area is 118 Å². The summed E-state index contributed by atoms with van der Waals surface area (Å²) in [4.78, 5) is 0. The van der Waals surface area contributed by atoms with Gasteiger partial charge < -0.3 is 5.32 Å². The summed E-state index contributed by atoms with van der Waals surface area (Å²) in [5, 5.41) is 3.56. The summed E-state index contributed by atoms with van der Waals surface area (Å²) in [6.45, 7) is 3.47. The molecule has 1 heterocycles. The zero-order valence-electron chi connectivity index (χ0n) is 10.1. The van der Waals surface area contributed by atoms with Crippen LogP contribution in [0, 0.1) is 5.92 Å². The Balaban J connectivity index is 1.64. The van der Waals surface area contributed by atoms with Gasteiger partial charge in [0.05, 0.1) is 8.67 Å². The first kappa shape index (κ1) is 13.7. The highest BCUT2D eigenvalue weighted by Crippen LogP contribution is 2.32. The van der Waals surface area contributed by atoms with Crippen LogP contribution in [0.5, 0.6) is 0 Å². The van der Waals surface area contributed by atoms with Crippen LogP contribution < -0.4 is 5.32 Å². The van der Waals surface area contributed by atoms with Crippen LogP contribution in [0.4, 0.5) is 0 Å². The van der Waals surface area contributed by atoms with Crippen LogP contribution in [0.1, 0.15) is 38.2 Å². The molecule has 2 rings (SSSR count). The third kappa shape index (κ3) is 4.78. The predicted octanol–water partition coefficient (Wildman–Crippen LogP) is 4.77. The van der Waals surface area contributed by atoms with E-state index in [-0.39, 0.29) is 0 Å². The zero-order chi connectivity index (χ0) is 12.3. The smallest absolute Gasteiger partial charge is 0.0976 e. The normalized spacial score (nSPS) is 17.4. The van der Waals surface area contributed by atoms with Gasteiger partial charge in [-0.15, -0.1) is 11.3 Å². The zero-order valence-corrected chi connectivity index (χ0v) is 12.5. The van der Waals surface area contributed by atoms with Gasteiger partial charge in [-0.3, -0.25) is 0 Å². The van der Waals surface area contributed by atoms with Gasteiger partial charge in [-0.25, -0.2) is 0 Å². The summed E-state index contributed by atoms with van der Waals surface area (Å²) in [6, 6.07) is 2.83. The van der Waals surface area contributed by atoms with Crippen LogP contribution in [0.15, 0.2) is 6.07 Å². The third-order valence-corrected chi connectivity index (χ3v) is 4.85. The lowest BCUT2D eigenvalue weighted by Gasteiger charge is -2.11. The van der Waals surface area contributed by atoms with Gasteiger partial charge in [0.15, 0.2) is 0 Å². The highest BCUT2D eigenvalue weighted by molar-refractivity contribution is 7.20. The average molecular weight is 292 g/mol. The minimum atomic E-state index is 0.746. The molecule has 17 heavy (non-hydrogen) atoms. The number of nitrogens with one attached hydrogen (secondary N) is 1. The fraction of sp³-hybridized carbons (Fsp3) is 0.692. The number of halogens is 2. The average Bonchev–Trinajstić information content (AvgIpc) is 3.02. The molecule has 1 aliphatic rings. The Bertz CT molecular complexity index is 360. The molecule has 1 aliphatic carbocycles. The highest BCUT2D eigenvalue weighted by atomic mass is 35.5. The van der Waals surface area contributed by atoms with Gasteiger partial charge in [-0.1, -0.05) is 30.1 Å². The molecule has 1 nitrogen and oxygen atoms in total. The molecular weight excluding hydrogens is 273 g/mol. The summed E-state index contributed by atoms with van der Waals surface area (Å²) < 4.78 is 1.66. The van der Waals surface area contributed by atoms with Crippen LogP contribution in [0.3, 0.4) is 0 Å². The number of hydrogen-bond acceptors (Lipinski definition) is 2. The second kappa shape index (κ2) is 6.42. The van der Waals surface area contributed by atoms with Gasteiger partial charge in [0, 0.05) is 6.04 Å². The fourth-order valence-corrected chi connectivity index (χ4v) is 3.46. The number of hydrogen-bond donors (Lipinski definition) is 1. The van der Waals surface area contributed by atoms with E-state index < -0.39 is 0 Å². The molecule has 0 saturated heterocycles. The molecule has 1 unspecified atom stereocenters. The lowest BCUT2D eigenvalue weighted by Crippen LogP contribution is -2.19. The second-order valence-electron chi connectivity index (χ2n) is 5.01. The topological polar surface area (TPSA) is 12.0 Å². The van der Waals surface area contributed by atoms with Gasteiger partial charge in [0.1, 0.15) is 0 Å². The van der Waals surface area contributed by atoms with Crippen LogP contribution in [0.25, 0.3) is 0 Å². The Morgan fingerprint density at radius 1 is 1.41 bits per heavy atom. The van der Waals surface area contributed by atoms with Crippen molar-refractivity contribution in [2.75, 3.05) is 6.54 Å². The number of thiophene rings is 1. The molecule has 0 bridgehead atoms. The Hall–Kier alpha value is 0.240. The maximum atomic E-state index is 6.10. The molecule has 1 fully saturated rings. The molecule has 1 saturated carbocycles. The molecule has 0 aromatic carbocycles. The molecule has 1 aromatic rings. The first-order valence-electron chi connectivity index (χ1n) is 6.32. The standard InChI is InChI=1S/C13H19Cl2NS/c1-9(6-7-16-11-4-5-11)2-3-10-8-12(14)17-13(10)15/h8-9,11,16H,2-7H2,1H3. The molecule has 96 valence electrons. The van der Waals surface area contributed by atoms with Crippen LogP contribution in [-0.4, -0.2) is 12.6 Å². The van der Waals surface area contributed by atoms with E-state index in [9.17, 15) is 0 Å². The van der Waals surface area contributed by atoms with E-state index in [1.807, 2.05) is 6.07 Å². The van der Waals surface area contributed by atoms with Gasteiger partial charge in [-0.05, 0) is 56.2 Å². The van der Waals surface area contributed by atoms with Crippen LogP contribution >= 0.6 is 34.5 Å². The minimum Gasteiger partial charge on any atom is -0.314 e. The maximum Gasteiger partial charge on any atom is 0.0976 e. The van der Waals surface area contributed by atoms with Crippen molar-refractivity contribution >= 4 is 34.5 Å². The SMILES string of the molecule is CC(CCNC1CC1)CCc1cc(Cl)sc1Cl. The molecule has 0 aliphatic heterocycles. The lowest BCUT2D eigenvalue weighted by molar-refractivity contribution is 0.469. The summed E-state index contributed by atoms with van der Waals surface area (Å²) in [5.74, 6) is 0.746. The molecule has 0 spiro atoms. The van der Waals surface area contributed by atoms with Gasteiger partial charge in [0.25, 0.3) is 0 Å². The third-order valence-electron chi connectivity index (χ3n) is 3.28. The highest BCUT2D eigenvalue weighted by Gasteiger charge is 2.19. The van der Waals surface area contributed by atoms with Gasteiger partial charge in [0.2, 0.25) is 0 Å². The Morgan fingerprint density at radius 3 is 2.76 bits per heavy atom. The lowest BCUT2D eigenvalue weighted by atomic mass is 9.99. The van der Waals surface area contributed by atoms with Crippen molar-refractivity contribution in [2.45, 2.75) is 45.1 Å². The summed E-state index contributed by atoms with van der Waals surface area (Å²) in [7, 11) is 0. The van der Waals surface area contributed by atoms with Crippen molar-refractivity contribution in [2.24, 2.45) is 5.92 Å². The van der Waals surface area contributed by atoms with Crippen molar-refractivity contribution in [3.63, 3.8) is 0 Å². The molecule has 1 N–H and O–H groups in total. The van der Waals surface area contributed by atoms with Gasteiger partial charge >= 0.3 is 0 Å². The molecule has 0 radical (unpaired) electrons. The van der Waals surface area contributed by atoms with Crippen molar-refractivity contribution < 1.29 is 0 Å². The van der Waals surface area contributed by atoms with E-state index in [4.69, 9.17) is 23.2 Å². The monoisotopic (exact) mass is 291 g/mol. The first-order valence-corrected chi connectivity index (χ1v) is 7.89. The summed E-state index contributed by atoms with van der Waals surface area (Å²) in [6.07, 6.45) is 6.24. The van der Waals surface area contributed by atoms with E-state index in [1.165, 1.54) is 42.6 Å². The van der Waals surface area contributed by atoms with Crippen molar-refractivity contribution in [1.82, 2.24) is 5.32 Å². The maximum absolute atomic E-state index is 6.10. The number of rotatable bonds is 7. The number of aryl methyl sites for hydroxylation is 1. The molecule has 0 amide bonds. The first-order chi connectivity index (χ1) is 8.15. The van der Waals surface area contributed by atoms with Crippen LogP contribution in [-0.2, 0) is 6.42 Å². The van der Waals surface area contributed by atoms with E-state index in [0.717, 1.165) is 33.6 Å². The summed E-state index contributed by atoms with van der Waals surface area (Å²) in [5.41, 5.74) is 1.21. The largest absolute Gasteiger partial charge is 0.314 e. The Morgan fingerprint density at radius 2 is 2.18 bits per heavy atom. The summed E-state index contributed by atoms with van der Waals surface area (Å²) >= 11 is 13.5. The fourth-order valence-electron chi connectivity index (χ4n) is 1.91. The van der Waals surface area contributed by atoms with Crippen molar-refractivity contribution in [1.29, 1.82) is 0 Å². The van der Waals surface area contributed by atoms with Crippen molar-refractivity contribution in [3.05, 3.63) is 20.3 Å². The van der Waals surface area contributed by atoms with E-state index in [0.29, 0.717) is 0 Å². The van der Waals surface area contributed by atoms with Gasteiger partial charge in [-0.2, -0.15) is 0 Å². The van der Waals surface area contributed by atoms with E-state index >= 15 is 0 Å². The van der Waals surface area contributed by atoms with Crippen LogP contribution in [0.2, 0.25) is 8.67 Å². The molecular formula is C13H19Cl2NS. The van der Waals surface area contributed by atoms with E-state index in [2.05, 4.69) is 12.2 Å². The quantitative estimate of drug-likeness (QED) is 0.763. The molecule has 4 heteroatoms.